The first-order chi connectivity index (χ1) is 10.7. The topological polar surface area (TPSA) is 50.8 Å². The molecule has 0 unspecified atom stereocenters. The number of aryl methyl sites for hydroxylation is 1. The lowest BCUT2D eigenvalue weighted by Gasteiger charge is -2.37. The lowest BCUT2D eigenvalue weighted by atomic mass is 10.0. The van der Waals surface area contributed by atoms with Crippen molar-refractivity contribution in [2.75, 3.05) is 38.2 Å². The van der Waals surface area contributed by atoms with E-state index in [1.165, 1.54) is 5.56 Å². The average molecular weight is 304 g/mol. The molecule has 5 heteroatoms. The summed E-state index contributed by atoms with van der Waals surface area (Å²) in [6.45, 7) is 5.53. The summed E-state index contributed by atoms with van der Waals surface area (Å²) in [6.07, 6.45) is 2.08. The summed E-state index contributed by atoms with van der Waals surface area (Å²) < 4.78 is 11.4. The number of piperidine rings is 1. The zero-order chi connectivity index (χ0) is 15.4. The predicted octanol–water partition coefficient (Wildman–Crippen LogP) is 2.16. The minimum absolute atomic E-state index is 0.202. The third-order valence-corrected chi connectivity index (χ3v) is 4.38. The van der Waals surface area contributed by atoms with Crippen LogP contribution in [0.25, 0.3) is 0 Å². The average Bonchev–Trinajstić information content (AvgIpc) is 2.96. The zero-order valence-electron chi connectivity index (χ0n) is 13.1. The van der Waals surface area contributed by atoms with Crippen LogP contribution in [0.4, 0.5) is 5.69 Å². The molecule has 2 saturated heterocycles. The van der Waals surface area contributed by atoms with Gasteiger partial charge in [-0.05, 0) is 24.6 Å². The Balaban J connectivity index is 1.41. The molecule has 2 heterocycles. The third kappa shape index (κ3) is 3.59. The lowest BCUT2D eigenvalue weighted by molar-refractivity contribution is -0.187. The van der Waals surface area contributed by atoms with Crippen molar-refractivity contribution in [3.05, 3.63) is 29.8 Å². The molecular weight excluding hydrogens is 280 g/mol. The van der Waals surface area contributed by atoms with Crippen LogP contribution in [0, 0.1) is 6.92 Å². The first kappa shape index (κ1) is 15.3. The van der Waals surface area contributed by atoms with Gasteiger partial charge < -0.3 is 19.7 Å². The van der Waals surface area contributed by atoms with Crippen LogP contribution >= 0.6 is 0 Å². The summed E-state index contributed by atoms with van der Waals surface area (Å²) in [5.41, 5.74) is 2.28. The van der Waals surface area contributed by atoms with Crippen LogP contribution in [0.15, 0.2) is 24.3 Å². The van der Waals surface area contributed by atoms with Gasteiger partial charge in [0.15, 0.2) is 5.79 Å². The maximum atomic E-state index is 12.3. The lowest BCUT2D eigenvalue weighted by Crippen LogP contribution is -2.47. The van der Waals surface area contributed by atoms with Crippen molar-refractivity contribution in [3.63, 3.8) is 0 Å². The van der Waals surface area contributed by atoms with Gasteiger partial charge >= 0.3 is 0 Å². The van der Waals surface area contributed by atoms with Crippen molar-refractivity contribution in [3.8, 4) is 0 Å². The number of likely N-dealkylation sites (tertiary alicyclic amines) is 1. The number of anilines is 1. The Bertz CT molecular complexity index is 516. The summed E-state index contributed by atoms with van der Waals surface area (Å²) in [7, 11) is 0. The van der Waals surface area contributed by atoms with Crippen molar-refractivity contribution in [1.82, 2.24) is 4.90 Å². The highest BCUT2D eigenvalue weighted by Gasteiger charge is 2.40. The van der Waals surface area contributed by atoms with Crippen LogP contribution in [0.5, 0.6) is 0 Å². The minimum Gasteiger partial charge on any atom is -0.385 e. The number of carbonyl (C=O) groups excluding carboxylic acids is 1. The number of benzene rings is 1. The Hall–Kier alpha value is -1.59. The van der Waals surface area contributed by atoms with E-state index in [0.717, 1.165) is 31.6 Å². The number of ether oxygens (including phenoxy) is 2. The molecular formula is C17H24N2O3. The monoisotopic (exact) mass is 304 g/mol. The molecule has 1 amide bonds. The number of hydrogen-bond acceptors (Lipinski definition) is 4. The summed E-state index contributed by atoms with van der Waals surface area (Å²) >= 11 is 0. The molecule has 22 heavy (non-hydrogen) atoms. The van der Waals surface area contributed by atoms with Crippen molar-refractivity contribution >= 4 is 11.6 Å². The van der Waals surface area contributed by atoms with E-state index in [9.17, 15) is 4.79 Å². The van der Waals surface area contributed by atoms with E-state index < -0.39 is 5.79 Å². The van der Waals surface area contributed by atoms with Crippen LogP contribution in [0.2, 0.25) is 0 Å². The number of nitrogens with zero attached hydrogens (tertiary/aromatic N) is 1. The second kappa shape index (κ2) is 6.67. The number of amides is 1. The number of nitrogens with one attached hydrogen (secondary N) is 1. The van der Waals surface area contributed by atoms with E-state index in [-0.39, 0.29) is 5.91 Å². The third-order valence-electron chi connectivity index (χ3n) is 4.38. The second-order valence-corrected chi connectivity index (χ2v) is 6.03. The van der Waals surface area contributed by atoms with Crippen molar-refractivity contribution in [2.24, 2.45) is 0 Å². The Morgan fingerprint density at radius 3 is 2.68 bits per heavy atom. The highest BCUT2D eigenvalue weighted by molar-refractivity contribution is 5.76. The highest BCUT2D eigenvalue weighted by Crippen LogP contribution is 2.31. The smallest absolute Gasteiger partial charge is 0.224 e. The van der Waals surface area contributed by atoms with Gasteiger partial charge in [-0.3, -0.25) is 4.79 Å². The molecule has 0 radical (unpaired) electrons. The van der Waals surface area contributed by atoms with E-state index in [2.05, 4.69) is 24.4 Å². The molecule has 0 bridgehead atoms. The quantitative estimate of drug-likeness (QED) is 0.926. The Morgan fingerprint density at radius 1 is 1.27 bits per heavy atom. The molecule has 120 valence electrons. The molecule has 1 aromatic carbocycles. The molecule has 3 rings (SSSR count). The molecule has 0 aliphatic carbocycles. The maximum Gasteiger partial charge on any atom is 0.224 e. The molecule has 1 spiro atoms. The first-order valence-electron chi connectivity index (χ1n) is 8.03. The van der Waals surface area contributed by atoms with Gasteiger partial charge in [-0.15, -0.1) is 0 Å². The molecule has 1 N–H and O–H groups in total. The Kier molecular flexibility index (Phi) is 4.64. The SMILES string of the molecule is Cc1cccc(NCCC(=O)N2CCC3(CC2)OCCO3)c1. The molecule has 2 aliphatic rings. The van der Waals surface area contributed by atoms with Crippen LogP contribution in [0.3, 0.4) is 0 Å². The molecule has 5 nitrogen and oxygen atoms in total. The molecule has 2 fully saturated rings. The van der Waals surface area contributed by atoms with E-state index in [1.54, 1.807) is 0 Å². The fourth-order valence-electron chi connectivity index (χ4n) is 3.11. The normalized spacial score (nSPS) is 20.3. The zero-order valence-corrected chi connectivity index (χ0v) is 13.1. The van der Waals surface area contributed by atoms with Gasteiger partial charge in [-0.2, -0.15) is 0 Å². The fourth-order valence-corrected chi connectivity index (χ4v) is 3.11. The number of rotatable bonds is 4. The van der Waals surface area contributed by atoms with Crippen LogP contribution in [0.1, 0.15) is 24.8 Å². The predicted molar refractivity (Wildman–Crippen MR) is 84.7 cm³/mol. The van der Waals surface area contributed by atoms with Gasteiger partial charge in [-0.25, -0.2) is 0 Å². The van der Waals surface area contributed by atoms with Gasteiger partial charge in [0.1, 0.15) is 0 Å². The number of hydrogen-bond donors (Lipinski definition) is 1. The van der Waals surface area contributed by atoms with E-state index in [0.29, 0.717) is 26.2 Å². The first-order valence-corrected chi connectivity index (χ1v) is 8.03. The standard InChI is InChI=1S/C17H24N2O3/c1-14-3-2-4-15(13-14)18-8-5-16(20)19-9-6-17(7-10-19)21-11-12-22-17/h2-4,13,18H,5-12H2,1H3. The molecule has 0 saturated carbocycles. The summed E-state index contributed by atoms with van der Waals surface area (Å²) in [5.74, 6) is -0.204. The molecule has 2 aliphatic heterocycles. The van der Waals surface area contributed by atoms with Gasteiger partial charge in [0.25, 0.3) is 0 Å². The highest BCUT2D eigenvalue weighted by atomic mass is 16.7. The van der Waals surface area contributed by atoms with Gasteiger partial charge in [0.05, 0.1) is 13.2 Å². The maximum absolute atomic E-state index is 12.3. The van der Waals surface area contributed by atoms with Crippen molar-refractivity contribution in [1.29, 1.82) is 0 Å². The largest absolute Gasteiger partial charge is 0.385 e. The van der Waals surface area contributed by atoms with Crippen LogP contribution < -0.4 is 5.32 Å². The van der Waals surface area contributed by atoms with Crippen LogP contribution in [-0.2, 0) is 14.3 Å². The summed E-state index contributed by atoms with van der Waals surface area (Å²) in [4.78, 5) is 14.2. The molecule has 0 atom stereocenters. The van der Waals surface area contributed by atoms with Crippen molar-refractivity contribution in [2.45, 2.75) is 32.0 Å². The summed E-state index contributed by atoms with van der Waals surface area (Å²) in [5, 5.41) is 3.31. The minimum atomic E-state index is -0.406. The summed E-state index contributed by atoms with van der Waals surface area (Å²) in [6, 6.07) is 8.19. The van der Waals surface area contributed by atoms with Crippen molar-refractivity contribution < 1.29 is 14.3 Å². The van der Waals surface area contributed by atoms with E-state index in [1.807, 2.05) is 17.0 Å². The molecule has 0 aromatic heterocycles. The Morgan fingerprint density at radius 2 is 2.00 bits per heavy atom. The molecule has 1 aromatic rings. The Labute approximate surface area is 131 Å². The fraction of sp³-hybridized carbons (Fsp3) is 0.588. The second-order valence-electron chi connectivity index (χ2n) is 6.03. The van der Waals surface area contributed by atoms with Gasteiger partial charge in [0.2, 0.25) is 5.91 Å². The van der Waals surface area contributed by atoms with E-state index >= 15 is 0 Å². The van der Waals surface area contributed by atoms with Crippen LogP contribution in [-0.4, -0.2) is 49.4 Å². The van der Waals surface area contributed by atoms with Gasteiger partial charge in [0, 0.05) is 44.6 Å². The number of carbonyl (C=O) groups is 1. The van der Waals surface area contributed by atoms with Gasteiger partial charge in [-0.1, -0.05) is 12.1 Å². The van der Waals surface area contributed by atoms with E-state index in [4.69, 9.17) is 9.47 Å².